The Bertz CT molecular complexity index is 1490. The number of carbonyl (C=O) groups is 1. The van der Waals surface area contributed by atoms with E-state index in [1.54, 1.807) is 12.1 Å². The van der Waals surface area contributed by atoms with Gasteiger partial charge in [-0.05, 0) is 48.7 Å². The maximum absolute atomic E-state index is 13.2. The molecule has 2 aromatic rings. The van der Waals surface area contributed by atoms with Crippen LogP contribution in [-0.2, 0) is 12.6 Å². The summed E-state index contributed by atoms with van der Waals surface area (Å²) in [7, 11) is 0. The van der Waals surface area contributed by atoms with Crippen LogP contribution in [0, 0.1) is 0 Å². The fourth-order valence-electron chi connectivity index (χ4n) is 4.18. The minimum Gasteiger partial charge on any atom is -0.321 e. The van der Waals surface area contributed by atoms with Gasteiger partial charge in [-0.15, -0.1) is 0 Å². The van der Waals surface area contributed by atoms with Crippen molar-refractivity contribution in [1.29, 1.82) is 0 Å². The molecule has 9 heteroatoms. The van der Waals surface area contributed by atoms with Gasteiger partial charge in [0.05, 0.1) is 28.2 Å². The van der Waals surface area contributed by atoms with Gasteiger partial charge in [-0.2, -0.15) is 13.2 Å². The number of aromatic amines is 1. The van der Waals surface area contributed by atoms with Crippen molar-refractivity contribution in [3.8, 4) is 11.3 Å². The molecular formula is C26H19F3N4O2. The molecule has 0 atom stereocenters. The number of H-pyrrole nitrogens is 1. The van der Waals surface area contributed by atoms with Crippen LogP contribution < -0.4 is 16.2 Å². The van der Waals surface area contributed by atoms with E-state index in [9.17, 15) is 22.8 Å². The Labute approximate surface area is 197 Å². The molecule has 0 fully saturated rings. The second-order valence-corrected chi connectivity index (χ2v) is 8.09. The highest BCUT2D eigenvalue weighted by atomic mass is 19.4. The van der Waals surface area contributed by atoms with Gasteiger partial charge in [0.2, 0.25) is 0 Å². The number of aliphatic imine (C=N–C) groups is 1. The summed E-state index contributed by atoms with van der Waals surface area (Å²) in [5.74, 6) is 0. The van der Waals surface area contributed by atoms with Gasteiger partial charge >= 0.3 is 12.2 Å². The molecule has 35 heavy (non-hydrogen) atoms. The molecule has 0 spiro atoms. The van der Waals surface area contributed by atoms with Crippen molar-refractivity contribution in [2.75, 3.05) is 10.6 Å². The molecule has 3 N–H and O–H groups in total. The van der Waals surface area contributed by atoms with Gasteiger partial charge in [0.15, 0.2) is 0 Å². The molecule has 6 nitrogen and oxygen atoms in total. The summed E-state index contributed by atoms with van der Waals surface area (Å²) in [6.45, 7) is 0. The number of alkyl halides is 3. The summed E-state index contributed by atoms with van der Waals surface area (Å²) in [5.41, 5.74) is 3.06. The Hall–Kier alpha value is -4.40. The number of rotatable bonds is 3. The number of hydrogen-bond donors (Lipinski definition) is 3. The lowest BCUT2D eigenvalue weighted by Crippen LogP contribution is -2.22. The molecule has 0 aromatic heterocycles. The highest BCUT2D eigenvalue weighted by molar-refractivity contribution is 6.08. The fourth-order valence-corrected chi connectivity index (χ4v) is 4.18. The number of nitrogens with one attached hydrogen (secondary N) is 3. The van der Waals surface area contributed by atoms with Gasteiger partial charge < -0.3 is 15.6 Å². The SMILES string of the molecule is O=C(Nc1ccc2c(c1)N=C(c1c3cccccc-3[nH]c1=O)CC2)Nc1ccccc1C(F)(F)F. The molecule has 2 heterocycles. The average molecular weight is 476 g/mol. The average Bonchev–Trinajstić information content (AvgIpc) is 2.96. The number of nitrogens with zero attached hydrogens (tertiary/aromatic N) is 1. The third kappa shape index (κ3) is 4.52. The lowest BCUT2D eigenvalue weighted by atomic mass is 9.95. The normalized spacial score (nSPS) is 13.2. The van der Waals surface area contributed by atoms with Crippen molar-refractivity contribution in [2.24, 2.45) is 4.99 Å². The lowest BCUT2D eigenvalue weighted by Gasteiger charge is -2.17. The second kappa shape index (κ2) is 8.75. The van der Waals surface area contributed by atoms with E-state index in [0.717, 1.165) is 22.9 Å². The summed E-state index contributed by atoms with van der Waals surface area (Å²) in [6.07, 6.45) is -3.36. The number of halogens is 3. The molecule has 0 radical (unpaired) electrons. The Morgan fingerprint density at radius 2 is 1.69 bits per heavy atom. The summed E-state index contributed by atoms with van der Waals surface area (Å²) in [5, 5.41) is 4.82. The van der Waals surface area contributed by atoms with Crippen LogP contribution in [0.15, 0.2) is 82.6 Å². The van der Waals surface area contributed by atoms with E-state index in [1.807, 2.05) is 36.4 Å². The zero-order chi connectivity index (χ0) is 24.6. The van der Waals surface area contributed by atoms with Gasteiger partial charge in [-0.1, -0.05) is 42.5 Å². The molecule has 0 bridgehead atoms. The first-order valence-corrected chi connectivity index (χ1v) is 10.9. The quantitative estimate of drug-likeness (QED) is 0.328. The number of carbonyl (C=O) groups excluding carboxylic acids is 1. The minimum atomic E-state index is -4.60. The largest absolute Gasteiger partial charge is 0.418 e. The van der Waals surface area contributed by atoms with E-state index in [4.69, 9.17) is 4.99 Å². The smallest absolute Gasteiger partial charge is 0.321 e. The fraction of sp³-hybridized carbons (Fsp3) is 0.115. The van der Waals surface area contributed by atoms with Crippen LogP contribution in [0.25, 0.3) is 11.3 Å². The summed E-state index contributed by atoms with van der Waals surface area (Å²) in [4.78, 5) is 32.6. The predicted molar refractivity (Wildman–Crippen MR) is 129 cm³/mol. The summed E-state index contributed by atoms with van der Waals surface area (Å²) >= 11 is 0. The van der Waals surface area contributed by atoms with Crippen molar-refractivity contribution >= 4 is 28.8 Å². The van der Waals surface area contributed by atoms with Gasteiger partial charge in [0.1, 0.15) is 0 Å². The number of fused-ring (bicyclic) bond motifs is 2. The molecule has 3 aliphatic rings. The van der Waals surface area contributed by atoms with Crippen LogP contribution in [-0.4, -0.2) is 16.7 Å². The van der Waals surface area contributed by atoms with Crippen LogP contribution in [0.1, 0.15) is 23.1 Å². The first-order chi connectivity index (χ1) is 16.8. The van der Waals surface area contributed by atoms with E-state index in [2.05, 4.69) is 15.6 Å². The third-order valence-corrected chi connectivity index (χ3v) is 5.78. The molecule has 176 valence electrons. The Morgan fingerprint density at radius 1 is 0.914 bits per heavy atom. The van der Waals surface area contributed by atoms with Crippen molar-refractivity contribution < 1.29 is 18.0 Å². The minimum absolute atomic E-state index is 0.217. The highest BCUT2D eigenvalue weighted by Gasteiger charge is 2.33. The van der Waals surface area contributed by atoms with Gasteiger partial charge in [-0.3, -0.25) is 9.79 Å². The van der Waals surface area contributed by atoms with Crippen LogP contribution in [0.4, 0.5) is 35.0 Å². The van der Waals surface area contributed by atoms with Crippen LogP contribution >= 0.6 is 0 Å². The Morgan fingerprint density at radius 3 is 2.51 bits per heavy atom. The molecule has 0 unspecified atom stereocenters. The number of aromatic nitrogens is 1. The first kappa shape index (κ1) is 22.4. The van der Waals surface area contributed by atoms with Gasteiger partial charge in [0, 0.05) is 16.9 Å². The number of urea groups is 1. The molecule has 2 aliphatic heterocycles. The van der Waals surface area contributed by atoms with E-state index in [-0.39, 0.29) is 11.2 Å². The van der Waals surface area contributed by atoms with Crippen molar-refractivity contribution in [3.63, 3.8) is 0 Å². The number of aryl methyl sites for hydroxylation is 1. The number of benzene rings is 2. The number of anilines is 2. The van der Waals surface area contributed by atoms with E-state index in [1.165, 1.54) is 18.2 Å². The summed E-state index contributed by atoms with van der Waals surface area (Å²) < 4.78 is 39.6. The Kier molecular flexibility index (Phi) is 5.60. The molecule has 0 saturated heterocycles. The highest BCUT2D eigenvalue weighted by Crippen LogP contribution is 2.35. The topological polar surface area (TPSA) is 86.3 Å². The predicted octanol–water partition coefficient (Wildman–Crippen LogP) is 6.21. The maximum Gasteiger partial charge on any atom is 0.418 e. The molecule has 5 rings (SSSR count). The van der Waals surface area contributed by atoms with E-state index < -0.39 is 17.8 Å². The van der Waals surface area contributed by atoms with E-state index in [0.29, 0.717) is 35.5 Å². The zero-order valence-electron chi connectivity index (χ0n) is 18.2. The van der Waals surface area contributed by atoms with E-state index >= 15 is 0 Å². The monoisotopic (exact) mass is 476 g/mol. The number of amides is 2. The standard InChI is InChI=1S/C26H19F3N4O2/c27-26(28,29)18-7-4-5-9-20(18)33-25(35)30-16-12-10-15-11-13-21(31-22(15)14-16)23-17-6-2-1-3-8-19(17)32-24(23)34/h1-10,12,14H,11,13H2,(H,32,34)(H2,30,33,35). The van der Waals surface area contributed by atoms with Gasteiger partial charge in [0.25, 0.3) is 5.56 Å². The summed E-state index contributed by atoms with van der Waals surface area (Å²) in [6, 6.07) is 18.3. The Balaban J connectivity index is 1.41. The van der Waals surface area contributed by atoms with Crippen molar-refractivity contribution in [3.05, 3.63) is 99.8 Å². The van der Waals surface area contributed by atoms with Gasteiger partial charge in [-0.25, -0.2) is 4.79 Å². The molecule has 2 aromatic carbocycles. The molecule has 1 aliphatic carbocycles. The molecular weight excluding hydrogens is 457 g/mol. The maximum atomic E-state index is 13.2. The molecule has 2 amide bonds. The second-order valence-electron chi connectivity index (χ2n) is 8.09. The zero-order valence-corrected chi connectivity index (χ0v) is 18.2. The number of para-hydroxylation sites is 1. The molecule has 0 saturated carbocycles. The number of hydrogen-bond acceptors (Lipinski definition) is 3. The van der Waals surface area contributed by atoms with Crippen molar-refractivity contribution in [1.82, 2.24) is 4.98 Å². The third-order valence-electron chi connectivity index (χ3n) is 5.78. The van der Waals surface area contributed by atoms with Crippen LogP contribution in [0.5, 0.6) is 0 Å². The van der Waals surface area contributed by atoms with Crippen LogP contribution in [0.2, 0.25) is 0 Å². The first-order valence-electron chi connectivity index (χ1n) is 10.9. The van der Waals surface area contributed by atoms with Crippen LogP contribution in [0.3, 0.4) is 0 Å². The van der Waals surface area contributed by atoms with Crippen molar-refractivity contribution in [2.45, 2.75) is 19.0 Å². The lowest BCUT2D eigenvalue weighted by molar-refractivity contribution is -0.136.